The summed E-state index contributed by atoms with van der Waals surface area (Å²) in [5.41, 5.74) is 0.255. The predicted octanol–water partition coefficient (Wildman–Crippen LogP) is 0.975. The van der Waals surface area contributed by atoms with E-state index in [0.29, 0.717) is 0 Å². The van der Waals surface area contributed by atoms with Gasteiger partial charge in [0.15, 0.2) is 11.6 Å². The number of nitrogens with zero attached hydrogens (tertiary/aromatic N) is 1. The molecule has 1 unspecified atom stereocenters. The molecule has 4 nitrogen and oxygen atoms in total. The third-order valence-electron chi connectivity index (χ3n) is 2.66. The van der Waals surface area contributed by atoms with E-state index in [0.717, 1.165) is 18.4 Å². The molecule has 0 saturated carbocycles. The van der Waals surface area contributed by atoms with E-state index in [4.69, 9.17) is 0 Å². The lowest BCUT2D eigenvalue weighted by atomic mass is 10.1. The molecule has 0 amide bonds. The Labute approximate surface area is 111 Å². The molecule has 1 aromatic carbocycles. The number of aliphatic hydroxyl groups is 1. The van der Waals surface area contributed by atoms with Crippen molar-refractivity contribution in [1.29, 1.82) is 0 Å². The number of sulfone groups is 1. The van der Waals surface area contributed by atoms with Gasteiger partial charge in [0.2, 0.25) is 0 Å². The van der Waals surface area contributed by atoms with E-state index in [1.807, 2.05) is 0 Å². The highest BCUT2D eigenvalue weighted by Gasteiger charge is 2.14. The zero-order valence-electron chi connectivity index (χ0n) is 10.8. The topological polar surface area (TPSA) is 57.6 Å². The number of benzene rings is 1. The molecule has 0 fully saturated rings. The molecule has 0 spiro atoms. The van der Waals surface area contributed by atoms with Gasteiger partial charge in [-0.15, -0.1) is 0 Å². The Morgan fingerprint density at radius 2 is 1.95 bits per heavy atom. The first kappa shape index (κ1) is 16.0. The Morgan fingerprint density at radius 1 is 1.32 bits per heavy atom. The zero-order valence-corrected chi connectivity index (χ0v) is 11.6. The first-order valence-electron chi connectivity index (χ1n) is 5.68. The van der Waals surface area contributed by atoms with Gasteiger partial charge in [0.05, 0.1) is 11.9 Å². The standard InChI is InChI=1S/C12H17F2NO3S/c1-15(5-6-19(2,17)18)8-12(16)9-3-4-10(13)11(14)7-9/h3-4,7,12,16H,5-6,8H2,1-2H3. The number of hydrogen-bond donors (Lipinski definition) is 1. The van der Waals surface area contributed by atoms with Gasteiger partial charge >= 0.3 is 0 Å². The molecule has 0 aromatic heterocycles. The summed E-state index contributed by atoms with van der Waals surface area (Å²) in [5, 5.41) is 9.86. The van der Waals surface area contributed by atoms with Crippen molar-refractivity contribution >= 4 is 9.84 Å². The fraction of sp³-hybridized carbons (Fsp3) is 0.500. The minimum atomic E-state index is -3.06. The largest absolute Gasteiger partial charge is 0.387 e. The van der Waals surface area contributed by atoms with E-state index in [1.165, 1.54) is 6.07 Å². The highest BCUT2D eigenvalue weighted by atomic mass is 32.2. The van der Waals surface area contributed by atoms with Crippen molar-refractivity contribution in [2.45, 2.75) is 6.10 Å². The third kappa shape index (κ3) is 5.63. The number of halogens is 2. The van der Waals surface area contributed by atoms with Gasteiger partial charge < -0.3 is 10.0 Å². The van der Waals surface area contributed by atoms with Crippen LogP contribution in [0.25, 0.3) is 0 Å². The van der Waals surface area contributed by atoms with E-state index < -0.39 is 27.6 Å². The van der Waals surface area contributed by atoms with Gasteiger partial charge in [0, 0.05) is 19.3 Å². The Kier molecular flexibility index (Phi) is 5.39. The monoisotopic (exact) mass is 293 g/mol. The molecular formula is C12H17F2NO3S. The molecule has 0 bridgehead atoms. The summed E-state index contributed by atoms with van der Waals surface area (Å²) in [4.78, 5) is 1.62. The molecule has 0 aliphatic carbocycles. The first-order valence-corrected chi connectivity index (χ1v) is 7.74. The Morgan fingerprint density at radius 3 is 2.47 bits per heavy atom. The summed E-state index contributed by atoms with van der Waals surface area (Å²) < 4.78 is 47.7. The maximum absolute atomic E-state index is 13.0. The van der Waals surface area contributed by atoms with Gasteiger partial charge in [0.1, 0.15) is 9.84 Å². The van der Waals surface area contributed by atoms with Gasteiger partial charge in [-0.2, -0.15) is 0 Å². The lowest BCUT2D eigenvalue weighted by molar-refractivity contribution is 0.129. The van der Waals surface area contributed by atoms with Crippen LogP contribution in [0.5, 0.6) is 0 Å². The molecule has 19 heavy (non-hydrogen) atoms. The Bertz CT molecular complexity index is 534. The van der Waals surface area contributed by atoms with E-state index in [9.17, 15) is 22.3 Å². The molecule has 0 aliphatic rings. The van der Waals surface area contributed by atoms with Crippen LogP contribution in [0.1, 0.15) is 11.7 Å². The third-order valence-corrected chi connectivity index (χ3v) is 3.58. The highest BCUT2D eigenvalue weighted by Crippen LogP contribution is 2.17. The summed E-state index contributed by atoms with van der Waals surface area (Å²) in [6, 6.07) is 3.18. The van der Waals surface area contributed by atoms with E-state index in [1.54, 1.807) is 11.9 Å². The van der Waals surface area contributed by atoms with Crippen molar-refractivity contribution in [1.82, 2.24) is 4.90 Å². The van der Waals surface area contributed by atoms with E-state index in [-0.39, 0.29) is 24.4 Å². The molecule has 1 N–H and O–H groups in total. The van der Waals surface area contributed by atoms with E-state index in [2.05, 4.69) is 0 Å². The first-order chi connectivity index (χ1) is 8.69. The van der Waals surface area contributed by atoms with Crippen LogP contribution < -0.4 is 0 Å². The van der Waals surface area contributed by atoms with Crippen LogP contribution >= 0.6 is 0 Å². The SMILES string of the molecule is CN(CCS(C)(=O)=O)CC(O)c1ccc(F)c(F)c1. The lowest BCUT2D eigenvalue weighted by Gasteiger charge is -2.20. The summed E-state index contributed by atoms with van der Waals surface area (Å²) >= 11 is 0. The highest BCUT2D eigenvalue weighted by molar-refractivity contribution is 7.90. The van der Waals surface area contributed by atoms with Crippen LogP contribution in [-0.2, 0) is 9.84 Å². The fourth-order valence-electron chi connectivity index (χ4n) is 1.53. The summed E-state index contributed by atoms with van der Waals surface area (Å²) in [5.74, 6) is -2.01. The van der Waals surface area contributed by atoms with Gasteiger partial charge in [0.25, 0.3) is 0 Å². The minimum Gasteiger partial charge on any atom is -0.387 e. The van der Waals surface area contributed by atoms with E-state index >= 15 is 0 Å². The summed E-state index contributed by atoms with van der Waals surface area (Å²) in [6.07, 6.45) is 0.131. The van der Waals surface area contributed by atoms with Crippen molar-refractivity contribution < 1.29 is 22.3 Å². The molecular weight excluding hydrogens is 276 g/mol. The lowest BCUT2D eigenvalue weighted by Crippen LogP contribution is -2.29. The Hall–Kier alpha value is -1.05. The van der Waals surface area contributed by atoms with Crippen LogP contribution in [0.4, 0.5) is 8.78 Å². The summed E-state index contributed by atoms with van der Waals surface area (Å²) in [7, 11) is -1.42. The molecule has 0 radical (unpaired) electrons. The number of hydrogen-bond acceptors (Lipinski definition) is 4. The molecule has 0 saturated heterocycles. The van der Waals surface area contributed by atoms with Crippen LogP contribution in [-0.4, -0.2) is 50.6 Å². The predicted molar refractivity (Wildman–Crippen MR) is 68.5 cm³/mol. The maximum atomic E-state index is 13.0. The quantitative estimate of drug-likeness (QED) is 0.849. The fourth-order valence-corrected chi connectivity index (χ4v) is 2.18. The number of aliphatic hydroxyl groups excluding tert-OH is 1. The number of likely N-dealkylation sites (N-methyl/N-ethyl adjacent to an activating group) is 1. The normalized spacial score (nSPS) is 13.8. The minimum absolute atomic E-state index is 0.0198. The molecule has 1 aromatic rings. The van der Waals surface area contributed by atoms with Crippen molar-refractivity contribution in [3.05, 3.63) is 35.4 Å². The molecule has 1 rings (SSSR count). The second kappa shape index (κ2) is 6.40. The van der Waals surface area contributed by atoms with Crippen molar-refractivity contribution in [2.75, 3.05) is 32.1 Å². The van der Waals surface area contributed by atoms with Crippen LogP contribution in [0.15, 0.2) is 18.2 Å². The van der Waals surface area contributed by atoms with Gasteiger partial charge in [-0.05, 0) is 24.7 Å². The molecule has 7 heteroatoms. The molecule has 0 heterocycles. The average molecular weight is 293 g/mol. The smallest absolute Gasteiger partial charge is 0.159 e. The van der Waals surface area contributed by atoms with Crippen molar-refractivity contribution in [3.8, 4) is 0 Å². The van der Waals surface area contributed by atoms with Gasteiger partial charge in [-0.25, -0.2) is 17.2 Å². The second-order valence-electron chi connectivity index (χ2n) is 4.58. The zero-order chi connectivity index (χ0) is 14.6. The van der Waals surface area contributed by atoms with Crippen LogP contribution in [0.2, 0.25) is 0 Å². The molecule has 108 valence electrons. The van der Waals surface area contributed by atoms with Crippen molar-refractivity contribution in [3.63, 3.8) is 0 Å². The van der Waals surface area contributed by atoms with Gasteiger partial charge in [-0.3, -0.25) is 0 Å². The van der Waals surface area contributed by atoms with Crippen LogP contribution in [0, 0.1) is 11.6 Å². The maximum Gasteiger partial charge on any atom is 0.159 e. The number of rotatable bonds is 6. The average Bonchev–Trinajstić information content (AvgIpc) is 2.29. The van der Waals surface area contributed by atoms with Gasteiger partial charge in [-0.1, -0.05) is 6.07 Å². The summed E-state index contributed by atoms with van der Waals surface area (Å²) in [6.45, 7) is 0.403. The van der Waals surface area contributed by atoms with Crippen LogP contribution in [0.3, 0.4) is 0 Å². The second-order valence-corrected chi connectivity index (χ2v) is 6.84. The molecule has 0 aliphatic heterocycles. The Balaban J connectivity index is 2.58. The van der Waals surface area contributed by atoms with Crippen molar-refractivity contribution in [2.24, 2.45) is 0 Å². The molecule has 1 atom stereocenters.